The summed E-state index contributed by atoms with van der Waals surface area (Å²) < 4.78 is 22.5. The first-order chi connectivity index (χ1) is 18.4. The highest BCUT2D eigenvalue weighted by molar-refractivity contribution is 5.94. The van der Waals surface area contributed by atoms with Gasteiger partial charge in [-0.1, -0.05) is 24.3 Å². The van der Waals surface area contributed by atoms with Crippen LogP contribution in [0.1, 0.15) is 56.1 Å². The van der Waals surface area contributed by atoms with E-state index in [9.17, 15) is 14.4 Å². The molecule has 39 heavy (non-hydrogen) atoms. The zero-order valence-electron chi connectivity index (χ0n) is 23.1. The molecule has 2 atom stereocenters. The van der Waals surface area contributed by atoms with Crippen molar-refractivity contribution in [2.75, 3.05) is 19.7 Å². The van der Waals surface area contributed by atoms with Crippen molar-refractivity contribution in [2.24, 2.45) is 0 Å². The van der Waals surface area contributed by atoms with Crippen molar-refractivity contribution in [3.05, 3.63) is 65.2 Å². The van der Waals surface area contributed by atoms with Crippen molar-refractivity contribution in [3.63, 3.8) is 0 Å². The van der Waals surface area contributed by atoms with Gasteiger partial charge in [0.25, 0.3) is 11.8 Å². The van der Waals surface area contributed by atoms with Gasteiger partial charge in [0.15, 0.2) is 12.4 Å². The molecule has 3 amide bonds. The van der Waals surface area contributed by atoms with Gasteiger partial charge in [0.2, 0.25) is 0 Å². The van der Waals surface area contributed by atoms with Crippen LogP contribution in [-0.4, -0.2) is 66.1 Å². The molecule has 0 radical (unpaired) electrons. The lowest BCUT2D eigenvalue weighted by atomic mass is 10.1. The number of rotatable bonds is 8. The molecule has 4 rings (SSSR count). The van der Waals surface area contributed by atoms with E-state index in [1.165, 1.54) is 0 Å². The molecule has 10 nitrogen and oxygen atoms in total. The van der Waals surface area contributed by atoms with Crippen LogP contribution in [0.4, 0.5) is 4.79 Å². The maximum atomic E-state index is 12.5. The summed E-state index contributed by atoms with van der Waals surface area (Å²) in [6, 6.07) is 14.2. The number of hydrogen-bond acceptors (Lipinski definition) is 7. The minimum absolute atomic E-state index is 0.0673. The third kappa shape index (κ3) is 8.18. The van der Waals surface area contributed by atoms with Gasteiger partial charge in [0.1, 0.15) is 23.6 Å². The number of nitrogens with one attached hydrogen (secondary N) is 2. The van der Waals surface area contributed by atoms with Crippen molar-refractivity contribution in [1.82, 2.24) is 15.5 Å². The summed E-state index contributed by atoms with van der Waals surface area (Å²) in [5, 5.41) is 5.58. The van der Waals surface area contributed by atoms with Crippen molar-refractivity contribution >= 4 is 17.9 Å². The number of nitrogens with zero attached hydrogens (tertiary/aromatic N) is 1. The van der Waals surface area contributed by atoms with Gasteiger partial charge >= 0.3 is 6.09 Å². The third-order valence-corrected chi connectivity index (χ3v) is 6.23. The quantitative estimate of drug-likeness (QED) is 0.528. The van der Waals surface area contributed by atoms with Crippen molar-refractivity contribution < 1.29 is 33.3 Å². The smallest absolute Gasteiger partial charge is 0.407 e. The van der Waals surface area contributed by atoms with Crippen LogP contribution < -0.4 is 15.4 Å². The average molecular weight is 540 g/mol. The first kappa shape index (κ1) is 28.4. The van der Waals surface area contributed by atoms with Crippen LogP contribution in [0.25, 0.3) is 0 Å². The second-order valence-electron chi connectivity index (χ2n) is 11.2. The normalized spacial score (nSPS) is 19.8. The predicted octanol–water partition coefficient (Wildman–Crippen LogP) is 3.38. The van der Waals surface area contributed by atoms with E-state index in [4.69, 9.17) is 18.9 Å². The summed E-state index contributed by atoms with van der Waals surface area (Å²) in [6.45, 7) is 10.7. The number of benzene rings is 2. The standard InChI is InChI=1S/C29H37N3O7/c1-28(2,3)39-27(35)31-15-19-6-10-21(11-7-19)26(34)30-14-20-8-12-22(13-9-20)36-18-25(33)32-16-23-24(17-32)38-29(4,5)37-23/h6-13,23-24H,14-18H2,1-5H3,(H,30,34)(H,31,35). The van der Waals surface area contributed by atoms with E-state index < -0.39 is 17.5 Å². The van der Waals surface area contributed by atoms with E-state index >= 15 is 0 Å². The maximum absolute atomic E-state index is 12.5. The summed E-state index contributed by atoms with van der Waals surface area (Å²) >= 11 is 0. The Labute approximate surface area is 228 Å². The highest BCUT2D eigenvalue weighted by Gasteiger charge is 2.47. The molecule has 2 aromatic rings. The molecule has 2 fully saturated rings. The molecule has 2 saturated heterocycles. The molecule has 0 saturated carbocycles. The number of ether oxygens (including phenoxy) is 4. The number of carbonyl (C=O) groups excluding carboxylic acids is 3. The lowest BCUT2D eigenvalue weighted by Gasteiger charge is -2.23. The van der Waals surface area contributed by atoms with E-state index in [0.29, 0.717) is 37.5 Å². The minimum Gasteiger partial charge on any atom is -0.484 e. The lowest BCUT2D eigenvalue weighted by molar-refractivity contribution is -0.161. The predicted molar refractivity (Wildman–Crippen MR) is 143 cm³/mol. The van der Waals surface area contributed by atoms with Crippen LogP contribution in [0.2, 0.25) is 0 Å². The first-order valence-electron chi connectivity index (χ1n) is 13.1. The first-order valence-corrected chi connectivity index (χ1v) is 13.1. The van der Waals surface area contributed by atoms with E-state index in [-0.39, 0.29) is 30.6 Å². The number of carbonyl (C=O) groups is 3. The number of likely N-dealkylation sites (tertiary alicyclic amines) is 1. The van der Waals surface area contributed by atoms with E-state index in [1.807, 2.05) is 26.0 Å². The highest BCUT2D eigenvalue weighted by atomic mass is 16.8. The SMILES string of the molecule is CC(C)(C)OC(=O)NCc1ccc(C(=O)NCc2ccc(OCC(=O)N3CC4OC(C)(C)OC4C3)cc2)cc1. The zero-order valence-corrected chi connectivity index (χ0v) is 23.1. The summed E-state index contributed by atoms with van der Waals surface area (Å²) in [6.07, 6.45) is -0.689. The Morgan fingerprint density at radius 2 is 1.44 bits per heavy atom. The summed E-state index contributed by atoms with van der Waals surface area (Å²) in [4.78, 5) is 38.6. The average Bonchev–Trinajstić information content (AvgIpc) is 3.38. The highest BCUT2D eigenvalue weighted by Crippen LogP contribution is 2.32. The van der Waals surface area contributed by atoms with Gasteiger partial charge in [-0.2, -0.15) is 0 Å². The largest absolute Gasteiger partial charge is 0.484 e. The number of fused-ring (bicyclic) bond motifs is 1. The van der Waals surface area contributed by atoms with Gasteiger partial charge in [-0.3, -0.25) is 9.59 Å². The molecule has 2 aromatic carbocycles. The molecular formula is C29H37N3O7. The van der Waals surface area contributed by atoms with Crippen LogP contribution in [0.5, 0.6) is 5.75 Å². The number of amides is 3. The van der Waals surface area contributed by atoms with Crippen molar-refractivity contribution in [2.45, 2.75) is 71.3 Å². The van der Waals surface area contributed by atoms with E-state index in [1.54, 1.807) is 62.1 Å². The molecule has 2 heterocycles. The van der Waals surface area contributed by atoms with Gasteiger partial charge in [-0.25, -0.2) is 4.79 Å². The zero-order chi connectivity index (χ0) is 28.2. The van der Waals surface area contributed by atoms with Gasteiger partial charge in [0, 0.05) is 31.7 Å². The molecule has 210 valence electrons. The Morgan fingerprint density at radius 1 is 0.897 bits per heavy atom. The fourth-order valence-corrected chi connectivity index (χ4v) is 4.42. The van der Waals surface area contributed by atoms with Gasteiger partial charge < -0.3 is 34.5 Å². The third-order valence-electron chi connectivity index (χ3n) is 6.23. The van der Waals surface area contributed by atoms with Gasteiger partial charge in [-0.15, -0.1) is 0 Å². The Hall–Kier alpha value is -3.63. The second-order valence-corrected chi connectivity index (χ2v) is 11.2. The van der Waals surface area contributed by atoms with Crippen LogP contribution in [-0.2, 0) is 32.1 Å². The maximum Gasteiger partial charge on any atom is 0.407 e. The Balaban J connectivity index is 1.17. The van der Waals surface area contributed by atoms with Gasteiger partial charge in [-0.05, 0) is 70.0 Å². The lowest BCUT2D eigenvalue weighted by Crippen LogP contribution is -2.36. The molecule has 2 aliphatic heterocycles. The summed E-state index contributed by atoms with van der Waals surface area (Å²) in [5.74, 6) is -0.353. The Morgan fingerprint density at radius 3 is 2.00 bits per heavy atom. The topological polar surface area (TPSA) is 115 Å². The van der Waals surface area contributed by atoms with E-state index in [2.05, 4.69) is 10.6 Å². The fourth-order valence-electron chi connectivity index (χ4n) is 4.42. The Kier molecular flexibility index (Phi) is 8.46. The number of alkyl carbamates (subject to hydrolysis) is 1. The van der Waals surface area contributed by atoms with Crippen molar-refractivity contribution in [1.29, 1.82) is 0 Å². The Bertz CT molecular complexity index is 1160. The van der Waals surface area contributed by atoms with E-state index in [0.717, 1.165) is 11.1 Å². The minimum atomic E-state index is -0.602. The molecule has 0 aromatic heterocycles. The molecule has 10 heteroatoms. The molecule has 2 aliphatic rings. The monoisotopic (exact) mass is 539 g/mol. The molecular weight excluding hydrogens is 502 g/mol. The number of hydrogen-bond donors (Lipinski definition) is 2. The molecule has 0 bridgehead atoms. The van der Waals surface area contributed by atoms with Crippen molar-refractivity contribution in [3.8, 4) is 5.75 Å². The van der Waals surface area contributed by atoms with Gasteiger partial charge in [0.05, 0.1) is 0 Å². The fraction of sp³-hybridized carbons (Fsp3) is 0.483. The molecule has 2 unspecified atom stereocenters. The summed E-state index contributed by atoms with van der Waals surface area (Å²) in [5.41, 5.74) is 1.70. The second kappa shape index (κ2) is 11.6. The molecule has 0 spiro atoms. The molecule has 0 aliphatic carbocycles. The van der Waals surface area contributed by atoms with Crippen LogP contribution in [0.15, 0.2) is 48.5 Å². The summed E-state index contributed by atoms with van der Waals surface area (Å²) in [7, 11) is 0. The van der Waals surface area contributed by atoms with Crippen LogP contribution >= 0.6 is 0 Å². The molecule has 2 N–H and O–H groups in total. The van der Waals surface area contributed by atoms with Crippen LogP contribution in [0.3, 0.4) is 0 Å². The van der Waals surface area contributed by atoms with Crippen LogP contribution in [0, 0.1) is 0 Å².